The third-order valence-corrected chi connectivity index (χ3v) is 3.38. The Bertz CT molecular complexity index is 694. The van der Waals surface area contributed by atoms with Crippen molar-refractivity contribution in [2.45, 2.75) is 19.1 Å². The fraction of sp³-hybridized carbons (Fsp3) is 0.500. The first-order valence-electron chi connectivity index (χ1n) is 6.69. The molecule has 3 heterocycles. The van der Waals surface area contributed by atoms with Gasteiger partial charge in [-0.1, -0.05) is 0 Å². The Morgan fingerprint density at radius 1 is 1.32 bits per heavy atom. The minimum Gasteiger partial charge on any atom is -0.360 e. The summed E-state index contributed by atoms with van der Waals surface area (Å²) in [5, 5.41) is 6.88. The maximum absolute atomic E-state index is 12.5. The molecule has 1 N–H and O–H groups in total. The fourth-order valence-electron chi connectivity index (χ4n) is 2.16. The van der Waals surface area contributed by atoms with E-state index in [9.17, 15) is 18.0 Å². The molecule has 2 aromatic heterocycles. The van der Waals surface area contributed by atoms with Crippen LogP contribution in [-0.4, -0.2) is 56.4 Å². The SMILES string of the molecule is O=C(CNc1ncnc2c1cnn2CC(F)(F)F)N1CCC1. The average Bonchev–Trinajstić information content (AvgIpc) is 2.76. The van der Waals surface area contributed by atoms with E-state index in [1.54, 1.807) is 4.90 Å². The molecule has 0 unspecified atom stereocenters. The molecular formula is C12H13F3N6O. The third kappa shape index (κ3) is 2.95. The number of nitrogens with zero attached hydrogens (tertiary/aromatic N) is 5. The Balaban J connectivity index is 1.77. The van der Waals surface area contributed by atoms with Gasteiger partial charge in [0.05, 0.1) is 18.1 Å². The van der Waals surface area contributed by atoms with Crippen molar-refractivity contribution in [2.75, 3.05) is 25.0 Å². The van der Waals surface area contributed by atoms with Crippen LogP contribution in [0.5, 0.6) is 0 Å². The molecule has 1 aliphatic heterocycles. The summed E-state index contributed by atoms with van der Waals surface area (Å²) < 4.78 is 38.2. The summed E-state index contributed by atoms with van der Waals surface area (Å²) in [4.78, 5) is 21.3. The molecule has 3 rings (SSSR count). The number of nitrogens with one attached hydrogen (secondary N) is 1. The van der Waals surface area contributed by atoms with Crippen LogP contribution in [0.3, 0.4) is 0 Å². The van der Waals surface area contributed by atoms with Gasteiger partial charge in [-0.15, -0.1) is 0 Å². The van der Waals surface area contributed by atoms with Gasteiger partial charge >= 0.3 is 6.18 Å². The van der Waals surface area contributed by atoms with Crippen molar-refractivity contribution in [2.24, 2.45) is 0 Å². The number of likely N-dealkylation sites (tertiary alicyclic amines) is 1. The maximum Gasteiger partial charge on any atom is 0.408 e. The predicted octanol–water partition coefficient (Wildman–Crippen LogP) is 1.03. The molecule has 7 nitrogen and oxygen atoms in total. The molecule has 0 atom stereocenters. The van der Waals surface area contributed by atoms with Crippen LogP contribution in [0.1, 0.15) is 6.42 Å². The molecule has 2 aromatic rings. The normalized spacial score (nSPS) is 15.0. The maximum atomic E-state index is 12.5. The van der Waals surface area contributed by atoms with E-state index in [1.807, 2.05) is 0 Å². The second kappa shape index (κ2) is 5.43. The molecule has 22 heavy (non-hydrogen) atoms. The number of amides is 1. The van der Waals surface area contributed by atoms with Crippen molar-refractivity contribution in [3.63, 3.8) is 0 Å². The van der Waals surface area contributed by atoms with Crippen LogP contribution in [0.4, 0.5) is 19.0 Å². The second-order valence-corrected chi connectivity index (χ2v) is 4.96. The number of anilines is 1. The Hall–Kier alpha value is -2.39. The minimum atomic E-state index is -4.38. The molecular weight excluding hydrogens is 301 g/mol. The lowest BCUT2D eigenvalue weighted by molar-refractivity contribution is -0.142. The van der Waals surface area contributed by atoms with Gasteiger partial charge in [-0.3, -0.25) is 4.79 Å². The van der Waals surface area contributed by atoms with Gasteiger partial charge in [0.25, 0.3) is 0 Å². The van der Waals surface area contributed by atoms with E-state index in [2.05, 4.69) is 20.4 Å². The zero-order valence-electron chi connectivity index (χ0n) is 11.5. The van der Waals surface area contributed by atoms with Crippen molar-refractivity contribution in [1.82, 2.24) is 24.6 Å². The van der Waals surface area contributed by atoms with Gasteiger partial charge in [-0.25, -0.2) is 14.6 Å². The topological polar surface area (TPSA) is 75.9 Å². The van der Waals surface area contributed by atoms with Crippen LogP contribution < -0.4 is 5.32 Å². The number of carbonyl (C=O) groups is 1. The van der Waals surface area contributed by atoms with E-state index in [4.69, 9.17) is 0 Å². The fourth-order valence-corrected chi connectivity index (χ4v) is 2.16. The molecule has 1 fully saturated rings. The first kappa shape index (κ1) is 14.5. The first-order chi connectivity index (χ1) is 10.4. The monoisotopic (exact) mass is 314 g/mol. The number of hydrogen-bond donors (Lipinski definition) is 1. The van der Waals surface area contributed by atoms with E-state index in [-0.39, 0.29) is 18.1 Å². The van der Waals surface area contributed by atoms with Crippen LogP contribution >= 0.6 is 0 Å². The standard InChI is InChI=1S/C12H13F3N6O/c13-12(14,15)6-21-11-8(4-19-21)10(17-7-18-11)16-5-9(22)20-2-1-3-20/h4,7H,1-3,5-6H2,(H,16,17,18). The van der Waals surface area contributed by atoms with Crippen molar-refractivity contribution in [3.05, 3.63) is 12.5 Å². The lowest BCUT2D eigenvalue weighted by Gasteiger charge is -2.30. The quantitative estimate of drug-likeness (QED) is 0.912. The smallest absolute Gasteiger partial charge is 0.360 e. The molecule has 0 aromatic carbocycles. The Kier molecular flexibility index (Phi) is 3.59. The van der Waals surface area contributed by atoms with Crippen LogP contribution in [0.2, 0.25) is 0 Å². The number of alkyl halides is 3. The van der Waals surface area contributed by atoms with Crippen LogP contribution in [0.25, 0.3) is 11.0 Å². The highest BCUT2D eigenvalue weighted by Crippen LogP contribution is 2.23. The Morgan fingerprint density at radius 2 is 2.09 bits per heavy atom. The van der Waals surface area contributed by atoms with Crippen molar-refractivity contribution in [1.29, 1.82) is 0 Å². The Morgan fingerprint density at radius 3 is 2.73 bits per heavy atom. The van der Waals surface area contributed by atoms with Gasteiger partial charge in [0, 0.05) is 13.1 Å². The molecule has 118 valence electrons. The van der Waals surface area contributed by atoms with Gasteiger partial charge < -0.3 is 10.2 Å². The highest BCUT2D eigenvalue weighted by molar-refractivity contribution is 5.89. The van der Waals surface area contributed by atoms with E-state index < -0.39 is 12.7 Å². The molecule has 1 amide bonds. The second-order valence-electron chi connectivity index (χ2n) is 4.96. The van der Waals surface area contributed by atoms with Crippen LogP contribution in [0.15, 0.2) is 12.5 Å². The van der Waals surface area contributed by atoms with Crippen molar-refractivity contribution < 1.29 is 18.0 Å². The van der Waals surface area contributed by atoms with E-state index in [0.717, 1.165) is 30.5 Å². The predicted molar refractivity (Wildman–Crippen MR) is 71.1 cm³/mol. The van der Waals surface area contributed by atoms with Crippen LogP contribution in [0, 0.1) is 0 Å². The van der Waals surface area contributed by atoms with Gasteiger partial charge in [-0.05, 0) is 6.42 Å². The zero-order valence-corrected chi connectivity index (χ0v) is 11.5. The molecule has 0 radical (unpaired) electrons. The Labute approximate surface area is 123 Å². The molecule has 0 saturated carbocycles. The van der Waals surface area contributed by atoms with Crippen molar-refractivity contribution in [3.8, 4) is 0 Å². The summed E-state index contributed by atoms with van der Waals surface area (Å²) in [6.45, 7) is 0.294. The van der Waals surface area contributed by atoms with E-state index >= 15 is 0 Å². The summed E-state index contributed by atoms with van der Waals surface area (Å²) in [7, 11) is 0. The summed E-state index contributed by atoms with van der Waals surface area (Å²) in [5.74, 6) is 0.230. The molecule has 0 bridgehead atoms. The number of fused-ring (bicyclic) bond motifs is 1. The lowest BCUT2D eigenvalue weighted by Crippen LogP contribution is -2.44. The van der Waals surface area contributed by atoms with E-state index in [1.165, 1.54) is 6.20 Å². The molecule has 1 aliphatic rings. The number of carbonyl (C=O) groups excluding carboxylic acids is 1. The van der Waals surface area contributed by atoms with E-state index in [0.29, 0.717) is 11.2 Å². The summed E-state index contributed by atoms with van der Waals surface area (Å²) >= 11 is 0. The number of aromatic nitrogens is 4. The molecule has 0 spiro atoms. The number of hydrogen-bond acceptors (Lipinski definition) is 5. The van der Waals surface area contributed by atoms with Crippen molar-refractivity contribution >= 4 is 22.8 Å². The van der Waals surface area contributed by atoms with Crippen LogP contribution in [-0.2, 0) is 11.3 Å². The molecule has 1 saturated heterocycles. The molecule has 10 heteroatoms. The lowest BCUT2D eigenvalue weighted by atomic mass is 10.2. The largest absolute Gasteiger partial charge is 0.408 e. The average molecular weight is 314 g/mol. The first-order valence-corrected chi connectivity index (χ1v) is 6.69. The van der Waals surface area contributed by atoms with Gasteiger partial charge in [-0.2, -0.15) is 18.3 Å². The highest BCUT2D eigenvalue weighted by Gasteiger charge is 2.29. The van der Waals surface area contributed by atoms with Gasteiger partial charge in [0.1, 0.15) is 18.7 Å². The number of rotatable bonds is 4. The van der Waals surface area contributed by atoms with Gasteiger partial charge in [0.15, 0.2) is 5.65 Å². The summed E-state index contributed by atoms with van der Waals surface area (Å²) in [6, 6.07) is 0. The third-order valence-electron chi connectivity index (χ3n) is 3.38. The zero-order chi connectivity index (χ0) is 15.7. The summed E-state index contributed by atoms with van der Waals surface area (Å²) in [6.07, 6.45) is -0.983. The minimum absolute atomic E-state index is 0.0383. The summed E-state index contributed by atoms with van der Waals surface area (Å²) in [5.41, 5.74) is 0.0752. The van der Waals surface area contributed by atoms with Gasteiger partial charge in [0.2, 0.25) is 5.91 Å². The highest BCUT2D eigenvalue weighted by atomic mass is 19.4. The number of halogens is 3. The molecule has 0 aliphatic carbocycles.